The number of hydrogen-bond acceptors (Lipinski definition) is 3. The van der Waals surface area contributed by atoms with Crippen molar-refractivity contribution in [1.82, 2.24) is 5.32 Å². The number of hydrogen-bond donors (Lipinski definition) is 2. The third kappa shape index (κ3) is 3.47. The van der Waals surface area contributed by atoms with Crippen LogP contribution in [-0.4, -0.2) is 19.7 Å². The van der Waals surface area contributed by atoms with Crippen molar-refractivity contribution in [2.75, 3.05) is 19.7 Å². The lowest BCUT2D eigenvalue weighted by Gasteiger charge is -2.26. The minimum atomic E-state index is -0.360. The van der Waals surface area contributed by atoms with Crippen LogP contribution in [-0.2, 0) is 5.54 Å². The molecule has 1 aliphatic rings. The lowest BCUT2D eigenvalue weighted by Crippen LogP contribution is -2.34. The van der Waals surface area contributed by atoms with Gasteiger partial charge in [0.2, 0.25) is 0 Å². The van der Waals surface area contributed by atoms with E-state index in [0.717, 1.165) is 31.0 Å². The van der Waals surface area contributed by atoms with E-state index in [-0.39, 0.29) is 5.54 Å². The van der Waals surface area contributed by atoms with E-state index in [2.05, 4.69) is 11.4 Å². The van der Waals surface area contributed by atoms with E-state index >= 15 is 0 Å². The summed E-state index contributed by atoms with van der Waals surface area (Å²) in [5, 5.41) is 3.41. The van der Waals surface area contributed by atoms with Gasteiger partial charge in [-0.2, -0.15) is 0 Å². The molecule has 0 saturated carbocycles. The highest BCUT2D eigenvalue weighted by atomic mass is 16.5. The number of nitrogens with one attached hydrogen (secondary N) is 1. The number of ether oxygens (including phenoxy) is 1. The summed E-state index contributed by atoms with van der Waals surface area (Å²) in [6.45, 7) is 7.01. The van der Waals surface area contributed by atoms with Gasteiger partial charge in [0.05, 0.1) is 6.61 Å². The molecule has 0 amide bonds. The highest BCUT2D eigenvalue weighted by Gasteiger charge is 2.20. The van der Waals surface area contributed by atoms with Crippen LogP contribution in [0.1, 0.15) is 32.3 Å². The van der Waals surface area contributed by atoms with Crippen molar-refractivity contribution in [2.24, 2.45) is 11.7 Å². The topological polar surface area (TPSA) is 47.3 Å². The molecule has 1 heterocycles. The molecular weight excluding hydrogens is 224 g/mol. The highest BCUT2D eigenvalue weighted by Crippen LogP contribution is 2.28. The van der Waals surface area contributed by atoms with Gasteiger partial charge in [0.1, 0.15) is 5.75 Å². The molecule has 0 aliphatic carbocycles. The van der Waals surface area contributed by atoms with E-state index in [4.69, 9.17) is 10.5 Å². The molecule has 2 rings (SSSR count). The van der Waals surface area contributed by atoms with E-state index in [1.807, 2.05) is 32.0 Å². The van der Waals surface area contributed by atoms with Crippen LogP contribution in [0, 0.1) is 5.92 Å². The second-order valence-electron chi connectivity index (χ2n) is 5.74. The summed E-state index contributed by atoms with van der Waals surface area (Å²) in [6, 6.07) is 8.08. The molecule has 1 aromatic carbocycles. The monoisotopic (exact) mass is 248 g/mol. The Balaban J connectivity index is 2.00. The molecule has 1 unspecified atom stereocenters. The van der Waals surface area contributed by atoms with Crippen molar-refractivity contribution in [3.63, 3.8) is 0 Å². The van der Waals surface area contributed by atoms with Gasteiger partial charge >= 0.3 is 0 Å². The SMILES string of the molecule is CC(C)(N)c1ccccc1OCC1CCCNC1. The first kappa shape index (κ1) is 13.4. The van der Waals surface area contributed by atoms with Crippen molar-refractivity contribution in [1.29, 1.82) is 0 Å². The molecule has 1 saturated heterocycles. The molecular formula is C15H24N2O. The summed E-state index contributed by atoms with van der Waals surface area (Å²) in [5.41, 5.74) is 6.89. The van der Waals surface area contributed by atoms with Crippen molar-refractivity contribution in [3.8, 4) is 5.75 Å². The third-order valence-corrected chi connectivity index (χ3v) is 3.45. The van der Waals surface area contributed by atoms with Gasteiger partial charge in [-0.3, -0.25) is 0 Å². The van der Waals surface area contributed by atoms with Crippen LogP contribution in [0.25, 0.3) is 0 Å². The normalized spacial score (nSPS) is 20.7. The maximum absolute atomic E-state index is 6.17. The summed E-state index contributed by atoms with van der Waals surface area (Å²) in [7, 11) is 0. The lowest BCUT2D eigenvalue weighted by atomic mass is 9.94. The first-order valence-corrected chi connectivity index (χ1v) is 6.79. The van der Waals surface area contributed by atoms with E-state index in [1.54, 1.807) is 0 Å². The zero-order valence-corrected chi connectivity index (χ0v) is 11.4. The molecule has 1 aromatic rings. The fraction of sp³-hybridized carbons (Fsp3) is 0.600. The number of rotatable bonds is 4. The molecule has 3 N–H and O–H groups in total. The van der Waals surface area contributed by atoms with Gasteiger partial charge in [0, 0.05) is 23.6 Å². The van der Waals surface area contributed by atoms with Gasteiger partial charge < -0.3 is 15.8 Å². The minimum absolute atomic E-state index is 0.360. The van der Waals surface area contributed by atoms with Crippen LogP contribution in [0.3, 0.4) is 0 Å². The van der Waals surface area contributed by atoms with Crippen LogP contribution in [0.15, 0.2) is 24.3 Å². The van der Waals surface area contributed by atoms with E-state index in [0.29, 0.717) is 5.92 Å². The molecule has 0 bridgehead atoms. The predicted octanol–water partition coefficient (Wildman–Crippen LogP) is 2.26. The Morgan fingerprint density at radius 1 is 1.39 bits per heavy atom. The molecule has 3 nitrogen and oxygen atoms in total. The highest BCUT2D eigenvalue weighted by molar-refractivity contribution is 5.38. The smallest absolute Gasteiger partial charge is 0.124 e. The van der Waals surface area contributed by atoms with Gasteiger partial charge in [0.25, 0.3) is 0 Å². The lowest BCUT2D eigenvalue weighted by molar-refractivity contribution is 0.214. The standard InChI is InChI=1S/C15H24N2O/c1-15(2,16)13-7-3-4-8-14(13)18-11-12-6-5-9-17-10-12/h3-4,7-8,12,17H,5-6,9-11,16H2,1-2H3. The van der Waals surface area contributed by atoms with Crippen molar-refractivity contribution in [2.45, 2.75) is 32.2 Å². The molecule has 18 heavy (non-hydrogen) atoms. The Bertz CT molecular complexity index is 378. The molecule has 100 valence electrons. The molecule has 0 spiro atoms. The number of nitrogens with two attached hydrogens (primary N) is 1. The average molecular weight is 248 g/mol. The van der Waals surface area contributed by atoms with Gasteiger partial charge in [-0.15, -0.1) is 0 Å². The van der Waals surface area contributed by atoms with Crippen LogP contribution in [0.2, 0.25) is 0 Å². The molecule has 1 fully saturated rings. The quantitative estimate of drug-likeness (QED) is 0.859. The van der Waals surface area contributed by atoms with Gasteiger partial charge in [-0.1, -0.05) is 18.2 Å². The van der Waals surface area contributed by atoms with Crippen molar-refractivity contribution >= 4 is 0 Å². The third-order valence-electron chi connectivity index (χ3n) is 3.45. The van der Waals surface area contributed by atoms with Gasteiger partial charge in [0.15, 0.2) is 0 Å². The molecule has 1 aliphatic heterocycles. The Labute approximate surface area is 110 Å². The van der Waals surface area contributed by atoms with Crippen LogP contribution in [0.4, 0.5) is 0 Å². The molecule has 3 heteroatoms. The summed E-state index contributed by atoms with van der Waals surface area (Å²) < 4.78 is 5.98. The maximum Gasteiger partial charge on any atom is 0.124 e. The summed E-state index contributed by atoms with van der Waals surface area (Å²) in [5.74, 6) is 1.54. The maximum atomic E-state index is 6.17. The number of benzene rings is 1. The average Bonchev–Trinajstić information content (AvgIpc) is 2.37. The molecule has 0 radical (unpaired) electrons. The van der Waals surface area contributed by atoms with Crippen molar-refractivity contribution in [3.05, 3.63) is 29.8 Å². The van der Waals surface area contributed by atoms with Gasteiger partial charge in [-0.25, -0.2) is 0 Å². The van der Waals surface area contributed by atoms with Crippen molar-refractivity contribution < 1.29 is 4.74 Å². The van der Waals surface area contributed by atoms with E-state index in [9.17, 15) is 0 Å². The fourth-order valence-corrected chi connectivity index (χ4v) is 2.40. The Hall–Kier alpha value is -1.06. The first-order chi connectivity index (χ1) is 8.57. The Morgan fingerprint density at radius 2 is 2.17 bits per heavy atom. The van der Waals surface area contributed by atoms with Gasteiger partial charge in [-0.05, 0) is 39.3 Å². The minimum Gasteiger partial charge on any atom is -0.493 e. The van der Waals surface area contributed by atoms with Crippen LogP contribution >= 0.6 is 0 Å². The Morgan fingerprint density at radius 3 is 2.83 bits per heavy atom. The molecule has 1 atom stereocenters. The van der Waals surface area contributed by atoms with Crippen LogP contribution < -0.4 is 15.8 Å². The zero-order valence-electron chi connectivity index (χ0n) is 11.4. The molecule has 0 aromatic heterocycles. The second kappa shape index (κ2) is 5.72. The fourth-order valence-electron chi connectivity index (χ4n) is 2.40. The Kier molecular flexibility index (Phi) is 4.25. The number of para-hydroxylation sites is 1. The first-order valence-electron chi connectivity index (χ1n) is 6.79. The predicted molar refractivity (Wildman–Crippen MR) is 74.7 cm³/mol. The second-order valence-corrected chi connectivity index (χ2v) is 5.74. The largest absolute Gasteiger partial charge is 0.493 e. The number of piperidine rings is 1. The summed E-state index contributed by atoms with van der Waals surface area (Å²) in [4.78, 5) is 0. The van der Waals surface area contributed by atoms with E-state index < -0.39 is 0 Å². The summed E-state index contributed by atoms with van der Waals surface area (Å²) >= 11 is 0. The summed E-state index contributed by atoms with van der Waals surface area (Å²) in [6.07, 6.45) is 2.50. The zero-order chi connectivity index (χ0) is 13.0. The van der Waals surface area contributed by atoms with Crippen LogP contribution in [0.5, 0.6) is 5.75 Å². The van der Waals surface area contributed by atoms with E-state index in [1.165, 1.54) is 12.8 Å².